The minimum absolute atomic E-state index is 0.00544. The van der Waals surface area contributed by atoms with E-state index in [0.29, 0.717) is 11.5 Å². The van der Waals surface area contributed by atoms with Gasteiger partial charge in [0.15, 0.2) is 11.6 Å². The van der Waals surface area contributed by atoms with Gasteiger partial charge in [0.05, 0.1) is 6.04 Å². The summed E-state index contributed by atoms with van der Waals surface area (Å²) in [5.41, 5.74) is 3.69. The van der Waals surface area contributed by atoms with Crippen LogP contribution in [0.1, 0.15) is 36.4 Å². The summed E-state index contributed by atoms with van der Waals surface area (Å²) < 4.78 is 32.5. The van der Waals surface area contributed by atoms with E-state index in [2.05, 4.69) is 10.2 Å². The van der Waals surface area contributed by atoms with E-state index < -0.39 is 11.6 Å². The molecule has 0 saturated carbocycles. The van der Waals surface area contributed by atoms with Crippen molar-refractivity contribution in [3.05, 3.63) is 59.2 Å². The standard InChI is InChI=1S/C23H24F2N2O2/c24-19-5-2-16(12-20(19)25)15-1-4-18-17(11-15)3-6-21(18)26-23(28)29-22-13-27-9-7-14(22)8-10-27/h1-2,4-5,11-12,14,21-22H,3,6-10,13H2,(H,26,28)/t21?,22-/m1/s1. The van der Waals surface area contributed by atoms with Crippen LogP contribution in [0.2, 0.25) is 0 Å². The number of aryl methyl sites for hydroxylation is 1. The highest BCUT2D eigenvalue weighted by atomic mass is 19.2. The molecule has 2 bridgehead atoms. The lowest BCUT2D eigenvalue weighted by atomic mass is 9.86. The monoisotopic (exact) mass is 398 g/mol. The average molecular weight is 398 g/mol. The van der Waals surface area contributed by atoms with Crippen molar-refractivity contribution in [1.29, 1.82) is 0 Å². The summed E-state index contributed by atoms with van der Waals surface area (Å²) in [7, 11) is 0. The fraction of sp³-hybridized carbons (Fsp3) is 0.435. The Labute approximate surface area is 168 Å². The molecule has 29 heavy (non-hydrogen) atoms. The number of hydrogen-bond donors (Lipinski definition) is 1. The Hall–Kier alpha value is -2.47. The summed E-state index contributed by atoms with van der Waals surface area (Å²) in [5, 5.41) is 3.03. The minimum Gasteiger partial charge on any atom is -0.445 e. The Balaban J connectivity index is 1.26. The van der Waals surface area contributed by atoms with E-state index in [1.165, 1.54) is 6.07 Å². The van der Waals surface area contributed by atoms with Gasteiger partial charge in [0.1, 0.15) is 6.10 Å². The third kappa shape index (κ3) is 3.62. The first kappa shape index (κ1) is 18.6. The van der Waals surface area contributed by atoms with Crippen molar-refractivity contribution in [3.63, 3.8) is 0 Å². The van der Waals surface area contributed by atoms with Gasteiger partial charge in [0.25, 0.3) is 0 Å². The Morgan fingerprint density at radius 1 is 1.00 bits per heavy atom. The second kappa shape index (κ2) is 7.41. The molecule has 6 heteroatoms. The van der Waals surface area contributed by atoms with Crippen molar-refractivity contribution in [2.24, 2.45) is 5.92 Å². The SMILES string of the molecule is O=C(NC1CCc2cc(-c3ccc(F)c(F)c3)ccc21)O[C@@H]1CN2CCC1CC2. The minimum atomic E-state index is -0.849. The first-order chi connectivity index (χ1) is 14.1. The summed E-state index contributed by atoms with van der Waals surface area (Å²) >= 11 is 0. The molecule has 1 amide bonds. The Kier molecular flexibility index (Phi) is 4.74. The molecule has 152 valence electrons. The van der Waals surface area contributed by atoms with Gasteiger partial charge in [0.2, 0.25) is 0 Å². The zero-order valence-corrected chi connectivity index (χ0v) is 16.2. The van der Waals surface area contributed by atoms with Crippen LogP contribution in [0.4, 0.5) is 13.6 Å². The zero-order chi connectivity index (χ0) is 20.0. The lowest BCUT2D eigenvalue weighted by Crippen LogP contribution is -2.52. The number of carbonyl (C=O) groups is 1. The van der Waals surface area contributed by atoms with Gasteiger partial charge in [-0.2, -0.15) is 0 Å². The Bertz CT molecular complexity index is 940. The number of hydrogen-bond acceptors (Lipinski definition) is 3. The van der Waals surface area contributed by atoms with Crippen molar-refractivity contribution in [1.82, 2.24) is 10.2 Å². The molecule has 1 aliphatic carbocycles. The molecule has 0 radical (unpaired) electrons. The van der Waals surface area contributed by atoms with Crippen LogP contribution >= 0.6 is 0 Å². The second-order valence-corrected chi connectivity index (χ2v) is 8.36. The summed E-state index contributed by atoms with van der Waals surface area (Å²) in [6.45, 7) is 3.07. The highest BCUT2D eigenvalue weighted by Gasteiger charge is 2.37. The van der Waals surface area contributed by atoms with Crippen LogP contribution in [-0.4, -0.2) is 36.7 Å². The average Bonchev–Trinajstić information content (AvgIpc) is 3.13. The zero-order valence-electron chi connectivity index (χ0n) is 16.2. The summed E-state index contributed by atoms with van der Waals surface area (Å²) in [6.07, 6.45) is 3.51. The Morgan fingerprint density at radius 3 is 2.48 bits per heavy atom. The van der Waals surface area contributed by atoms with E-state index in [1.807, 2.05) is 18.2 Å². The van der Waals surface area contributed by atoms with E-state index in [1.54, 1.807) is 6.07 Å². The number of rotatable bonds is 3. The van der Waals surface area contributed by atoms with Gasteiger partial charge >= 0.3 is 6.09 Å². The smallest absolute Gasteiger partial charge is 0.407 e. The maximum atomic E-state index is 13.6. The fourth-order valence-corrected chi connectivity index (χ4v) is 4.98. The molecule has 3 fully saturated rings. The molecular weight excluding hydrogens is 374 g/mol. The van der Waals surface area contributed by atoms with Crippen LogP contribution in [0.3, 0.4) is 0 Å². The molecular formula is C23H24F2N2O2. The van der Waals surface area contributed by atoms with Crippen molar-refractivity contribution >= 4 is 6.09 Å². The Morgan fingerprint density at radius 2 is 1.76 bits per heavy atom. The number of benzene rings is 2. The predicted molar refractivity (Wildman–Crippen MR) is 105 cm³/mol. The van der Waals surface area contributed by atoms with Crippen molar-refractivity contribution in [2.45, 2.75) is 37.8 Å². The van der Waals surface area contributed by atoms with Gasteiger partial charge in [-0.15, -0.1) is 0 Å². The molecule has 0 aromatic heterocycles. The molecule has 4 aliphatic rings. The lowest BCUT2D eigenvalue weighted by Gasteiger charge is -2.43. The molecule has 2 atom stereocenters. The lowest BCUT2D eigenvalue weighted by molar-refractivity contribution is -0.0339. The van der Waals surface area contributed by atoms with Crippen molar-refractivity contribution in [3.8, 4) is 11.1 Å². The van der Waals surface area contributed by atoms with E-state index in [4.69, 9.17) is 4.74 Å². The number of ether oxygens (including phenoxy) is 1. The predicted octanol–water partition coefficient (Wildman–Crippen LogP) is 4.44. The first-order valence-electron chi connectivity index (χ1n) is 10.3. The highest BCUT2D eigenvalue weighted by molar-refractivity contribution is 5.70. The van der Waals surface area contributed by atoms with Crippen LogP contribution < -0.4 is 5.32 Å². The number of piperidine rings is 3. The van der Waals surface area contributed by atoms with Crippen LogP contribution in [-0.2, 0) is 11.2 Å². The van der Waals surface area contributed by atoms with Gasteiger partial charge in [0, 0.05) is 6.54 Å². The van der Waals surface area contributed by atoms with E-state index in [0.717, 1.165) is 68.1 Å². The molecule has 3 aliphatic heterocycles. The molecule has 1 unspecified atom stereocenters. The molecule has 2 aromatic carbocycles. The van der Waals surface area contributed by atoms with Crippen molar-refractivity contribution < 1.29 is 18.3 Å². The number of amides is 1. The molecule has 4 nitrogen and oxygen atoms in total. The molecule has 2 aromatic rings. The van der Waals surface area contributed by atoms with Crippen LogP contribution in [0.5, 0.6) is 0 Å². The van der Waals surface area contributed by atoms with Gasteiger partial charge < -0.3 is 10.1 Å². The van der Waals surface area contributed by atoms with Crippen LogP contribution in [0.25, 0.3) is 11.1 Å². The van der Waals surface area contributed by atoms with E-state index in [9.17, 15) is 13.6 Å². The quantitative estimate of drug-likeness (QED) is 0.831. The first-order valence-corrected chi connectivity index (χ1v) is 10.3. The maximum absolute atomic E-state index is 13.6. The number of carbonyl (C=O) groups excluding carboxylic acids is 1. The van der Waals surface area contributed by atoms with Gasteiger partial charge in [-0.25, -0.2) is 13.6 Å². The number of alkyl carbamates (subject to hydrolysis) is 1. The summed E-state index contributed by atoms with van der Waals surface area (Å²) in [4.78, 5) is 14.8. The number of fused-ring (bicyclic) bond motifs is 4. The topological polar surface area (TPSA) is 41.6 Å². The largest absolute Gasteiger partial charge is 0.445 e. The molecule has 6 rings (SSSR count). The summed E-state index contributed by atoms with van der Waals surface area (Å²) in [6, 6.07) is 9.73. The van der Waals surface area contributed by atoms with E-state index >= 15 is 0 Å². The fourth-order valence-electron chi connectivity index (χ4n) is 4.98. The van der Waals surface area contributed by atoms with E-state index in [-0.39, 0.29) is 18.2 Å². The molecule has 1 N–H and O–H groups in total. The third-order valence-electron chi connectivity index (χ3n) is 6.62. The number of nitrogens with one attached hydrogen (secondary N) is 1. The maximum Gasteiger partial charge on any atom is 0.407 e. The number of nitrogens with zero attached hydrogens (tertiary/aromatic N) is 1. The van der Waals surface area contributed by atoms with Crippen molar-refractivity contribution in [2.75, 3.05) is 19.6 Å². The summed E-state index contributed by atoms with van der Waals surface area (Å²) in [5.74, 6) is -1.21. The number of halogens is 2. The van der Waals surface area contributed by atoms with Crippen LogP contribution in [0, 0.1) is 17.6 Å². The van der Waals surface area contributed by atoms with Crippen LogP contribution in [0.15, 0.2) is 36.4 Å². The van der Waals surface area contributed by atoms with Gasteiger partial charge in [-0.3, -0.25) is 4.90 Å². The molecule has 3 saturated heterocycles. The second-order valence-electron chi connectivity index (χ2n) is 8.36. The molecule has 3 heterocycles. The normalized spacial score (nSPS) is 27.5. The third-order valence-corrected chi connectivity index (χ3v) is 6.62. The highest BCUT2D eigenvalue weighted by Crippen LogP contribution is 2.35. The molecule has 0 spiro atoms. The van der Waals surface area contributed by atoms with Gasteiger partial charge in [-0.1, -0.05) is 24.3 Å². The van der Waals surface area contributed by atoms with Gasteiger partial charge in [-0.05, 0) is 79.1 Å².